The number of thiophene rings is 1. The molecule has 0 saturated heterocycles. The molecule has 11 rings (SSSR count). The molecule has 0 bridgehead atoms. The summed E-state index contributed by atoms with van der Waals surface area (Å²) >= 11 is 1.78. The SMILES string of the molecule is c1ccc(-c2nc3cc(N(c4ccc5oc6ccccc6c5c4)c4ccc5oc6ccccc6c5c4)c4sc5ccccc5c4c3o2)cc1. The van der Waals surface area contributed by atoms with E-state index in [0.29, 0.717) is 5.89 Å². The molecule has 11 aromatic rings. The summed E-state index contributed by atoms with van der Waals surface area (Å²) in [5.41, 5.74) is 9.04. The van der Waals surface area contributed by atoms with E-state index in [0.717, 1.165) is 93.1 Å². The number of benzene rings is 7. The topological polar surface area (TPSA) is 55.6 Å². The lowest BCUT2D eigenvalue weighted by Gasteiger charge is -2.26. The van der Waals surface area contributed by atoms with Crippen LogP contribution in [0.15, 0.2) is 159 Å². The number of oxazole rings is 1. The fraction of sp³-hybridized carbons (Fsp3) is 0. The van der Waals surface area contributed by atoms with Crippen LogP contribution < -0.4 is 4.90 Å². The second-order valence-corrected chi connectivity index (χ2v) is 13.4. The first kappa shape index (κ1) is 26.7. The molecule has 0 unspecified atom stereocenters. The minimum Gasteiger partial charge on any atom is -0.456 e. The number of rotatable bonds is 4. The van der Waals surface area contributed by atoms with E-state index < -0.39 is 0 Å². The maximum atomic E-state index is 6.62. The molecule has 0 saturated carbocycles. The lowest BCUT2D eigenvalue weighted by atomic mass is 10.1. The van der Waals surface area contributed by atoms with E-state index in [1.54, 1.807) is 11.3 Å². The van der Waals surface area contributed by atoms with Gasteiger partial charge in [-0.3, -0.25) is 0 Å². The van der Waals surface area contributed by atoms with E-state index in [-0.39, 0.29) is 0 Å². The van der Waals surface area contributed by atoms with Crippen molar-refractivity contribution in [1.29, 1.82) is 0 Å². The Bertz CT molecular complexity index is 2960. The van der Waals surface area contributed by atoms with Crippen molar-refractivity contribution in [2.45, 2.75) is 0 Å². The van der Waals surface area contributed by atoms with Crippen molar-refractivity contribution in [2.75, 3.05) is 4.90 Å². The maximum absolute atomic E-state index is 6.62. The van der Waals surface area contributed by atoms with Crippen molar-refractivity contribution >= 4 is 104 Å². The second-order valence-electron chi connectivity index (χ2n) is 12.3. The van der Waals surface area contributed by atoms with Crippen LogP contribution in [0.2, 0.25) is 0 Å². The number of nitrogens with zero attached hydrogens (tertiary/aromatic N) is 2. The summed E-state index contributed by atoms with van der Waals surface area (Å²) in [6, 6.07) is 50.2. The number of fused-ring (bicyclic) bond motifs is 11. The average molecular weight is 649 g/mol. The Kier molecular flexibility index (Phi) is 5.48. The van der Waals surface area contributed by atoms with Crippen molar-refractivity contribution in [2.24, 2.45) is 0 Å². The average Bonchev–Trinajstić information content (AvgIpc) is 3.93. The quantitative estimate of drug-likeness (QED) is 0.190. The fourth-order valence-electron chi connectivity index (χ4n) is 7.26. The third-order valence-electron chi connectivity index (χ3n) is 9.48. The Labute approximate surface area is 282 Å². The second kappa shape index (κ2) is 10.1. The van der Waals surface area contributed by atoms with Crippen LogP contribution in [0.25, 0.3) is 86.6 Å². The van der Waals surface area contributed by atoms with Gasteiger partial charge in [-0.1, -0.05) is 72.8 Å². The summed E-state index contributed by atoms with van der Waals surface area (Å²) in [6.45, 7) is 0. The minimum atomic E-state index is 0.605. The Hall–Kier alpha value is -6.37. The van der Waals surface area contributed by atoms with Crippen molar-refractivity contribution in [3.8, 4) is 11.5 Å². The molecular formula is C43H24N2O3S. The first-order chi connectivity index (χ1) is 24.3. The summed E-state index contributed by atoms with van der Waals surface area (Å²) in [4.78, 5) is 7.44. The Morgan fingerprint density at radius 3 is 1.73 bits per heavy atom. The van der Waals surface area contributed by atoms with Gasteiger partial charge in [0, 0.05) is 54.0 Å². The van der Waals surface area contributed by atoms with Gasteiger partial charge in [-0.05, 0) is 72.8 Å². The van der Waals surface area contributed by atoms with Crippen molar-refractivity contribution in [3.05, 3.63) is 146 Å². The molecule has 0 fully saturated rings. The Morgan fingerprint density at radius 2 is 1.06 bits per heavy atom. The van der Waals surface area contributed by atoms with Gasteiger partial charge < -0.3 is 18.2 Å². The smallest absolute Gasteiger partial charge is 0.227 e. The molecule has 0 atom stereocenters. The van der Waals surface area contributed by atoms with Gasteiger partial charge in [0.25, 0.3) is 0 Å². The van der Waals surface area contributed by atoms with Gasteiger partial charge in [-0.2, -0.15) is 0 Å². The molecule has 4 heterocycles. The summed E-state index contributed by atoms with van der Waals surface area (Å²) in [5, 5.41) is 6.52. The van der Waals surface area contributed by atoms with Gasteiger partial charge in [0.1, 0.15) is 27.8 Å². The zero-order valence-electron chi connectivity index (χ0n) is 25.9. The number of aromatic nitrogens is 1. The van der Waals surface area contributed by atoms with Crippen molar-refractivity contribution < 1.29 is 13.3 Å². The highest BCUT2D eigenvalue weighted by molar-refractivity contribution is 7.26. The molecule has 0 radical (unpaired) electrons. The van der Waals surface area contributed by atoms with E-state index in [1.165, 1.54) is 4.70 Å². The molecular weight excluding hydrogens is 625 g/mol. The van der Waals surface area contributed by atoms with Crippen LogP contribution >= 0.6 is 11.3 Å². The zero-order valence-corrected chi connectivity index (χ0v) is 26.7. The van der Waals surface area contributed by atoms with Gasteiger partial charge in [0.15, 0.2) is 5.58 Å². The number of para-hydroxylation sites is 2. The lowest BCUT2D eigenvalue weighted by molar-refractivity contribution is 0.623. The molecule has 0 spiro atoms. The molecule has 5 nitrogen and oxygen atoms in total. The summed E-state index contributed by atoms with van der Waals surface area (Å²) in [7, 11) is 0. The van der Waals surface area contributed by atoms with Gasteiger partial charge in [-0.25, -0.2) is 4.98 Å². The summed E-state index contributed by atoms with van der Waals surface area (Å²) < 4.78 is 21.4. The summed E-state index contributed by atoms with van der Waals surface area (Å²) in [5.74, 6) is 0.605. The predicted octanol–water partition coefficient (Wildman–Crippen LogP) is 13.1. The van der Waals surface area contributed by atoms with E-state index in [4.69, 9.17) is 18.2 Å². The first-order valence-electron chi connectivity index (χ1n) is 16.2. The normalized spacial score (nSPS) is 12.1. The summed E-state index contributed by atoms with van der Waals surface area (Å²) in [6.07, 6.45) is 0. The van der Waals surface area contributed by atoms with Crippen LogP contribution in [-0.4, -0.2) is 4.98 Å². The minimum absolute atomic E-state index is 0.605. The third-order valence-corrected chi connectivity index (χ3v) is 10.7. The molecule has 7 aromatic carbocycles. The van der Waals surface area contributed by atoms with Crippen LogP contribution in [0.4, 0.5) is 17.1 Å². The lowest BCUT2D eigenvalue weighted by Crippen LogP contribution is -2.10. The van der Waals surface area contributed by atoms with Crippen LogP contribution in [0, 0.1) is 0 Å². The largest absolute Gasteiger partial charge is 0.456 e. The molecule has 0 aliphatic carbocycles. The maximum Gasteiger partial charge on any atom is 0.227 e. The fourth-order valence-corrected chi connectivity index (χ4v) is 8.47. The third kappa shape index (κ3) is 3.95. The van der Waals surface area contributed by atoms with Crippen LogP contribution in [-0.2, 0) is 0 Å². The highest BCUT2D eigenvalue weighted by Crippen LogP contribution is 2.49. The predicted molar refractivity (Wildman–Crippen MR) is 202 cm³/mol. The molecule has 0 aliphatic rings. The van der Waals surface area contributed by atoms with Gasteiger partial charge in [0.2, 0.25) is 5.89 Å². The van der Waals surface area contributed by atoms with Crippen molar-refractivity contribution in [1.82, 2.24) is 4.98 Å². The first-order valence-corrected chi connectivity index (χ1v) is 17.0. The van der Waals surface area contributed by atoms with E-state index in [1.807, 2.05) is 54.6 Å². The Morgan fingerprint density at radius 1 is 0.490 bits per heavy atom. The molecule has 6 heteroatoms. The number of furan rings is 2. The van der Waals surface area contributed by atoms with Crippen LogP contribution in [0.1, 0.15) is 0 Å². The van der Waals surface area contributed by atoms with Gasteiger partial charge in [0.05, 0.1) is 10.4 Å². The Balaban J connectivity index is 1.25. The van der Waals surface area contributed by atoms with E-state index in [2.05, 4.69) is 95.9 Å². The van der Waals surface area contributed by atoms with Gasteiger partial charge >= 0.3 is 0 Å². The van der Waals surface area contributed by atoms with E-state index >= 15 is 0 Å². The number of hydrogen-bond donors (Lipinski definition) is 0. The highest BCUT2D eigenvalue weighted by atomic mass is 32.1. The number of anilines is 3. The molecule has 0 aliphatic heterocycles. The van der Waals surface area contributed by atoms with Crippen LogP contribution in [0.3, 0.4) is 0 Å². The molecule has 0 N–H and O–H groups in total. The number of hydrogen-bond acceptors (Lipinski definition) is 6. The van der Waals surface area contributed by atoms with Crippen molar-refractivity contribution in [3.63, 3.8) is 0 Å². The van der Waals surface area contributed by atoms with Gasteiger partial charge in [-0.15, -0.1) is 11.3 Å². The van der Waals surface area contributed by atoms with E-state index in [9.17, 15) is 0 Å². The molecule has 0 amide bonds. The van der Waals surface area contributed by atoms with Crippen LogP contribution in [0.5, 0.6) is 0 Å². The monoisotopic (exact) mass is 648 g/mol. The highest BCUT2D eigenvalue weighted by Gasteiger charge is 2.25. The molecule has 4 aromatic heterocycles. The molecule has 230 valence electrons. The zero-order chi connectivity index (χ0) is 32.1. The molecule has 49 heavy (non-hydrogen) atoms. The standard InChI is InChI=1S/C43H24N2O3S/c1-2-10-25(11-3-1)43-44-33-24-34(42-40(41(33)48-43)30-14-6-9-17-39(30)49-42)45(26-18-20-37-31(22-26)28-12-4-7-15-35(28)46-37)27-19-21-38-32(23-27)29-13-5-8-16-36(29)47-38/h1-24H.